The first-order chi connectivity index (χ1) is 9.01. The van der Waals surface area contributed by atoms with Crippen molar-refractivity contribution in [1.82, 2.24) is 10.2 Å². The predicted octanol–water partition coefficient (Wildman–Crippen LogP) is 2.91. The summed E-state index contributed by atoms with van der Waals surface area (Å²) in [5.41, 5.74) is 3.77. The minimum Gasteiger partial charge on any atom is -0.496 e. The van der Waals surface area contributed by atoms with Crippen molar-refractivity contribution >= 4 is 0 Å². The van der Waals surface area contributed by atoms with E-state index in [0.717, 1.165) is 25.3 Å². The zero-order chi connectivity index (χ0) is 14.4. The second kappa shape index (κ2) is 7.51. The van der Waals surface area contributed by atoms with Crippen LogP contribution in [-0.4, -0.2) is 39.2 Å². The number of nitrogens with one attached hydrogen (secondary N) is 1. The molecule has 1 aromatic carbocycles. The van der Waals surface area contributed by atoms with Crippen LogP contribution >= 0.6 is 0 Å². The van der Waals surface area contributed by atoms with Crippen LogP contribution in [0.3, 0.4) is 0 Å². The Morgan fingerprint density at radius 2 is 1.95 bits per heavy atom. The Hall–Kier alpha value is -1.06. The van der Waals surface area contributed by atoms with Crippen molar-refractivity contribution in [2.45, 2.75) is 33.2 Å². The Bertz CT molecular complexity index is 402. The van der Waals surface area contributed by atoms with E-state index in [9.17, 15) is 0 Å². The van der Waals surface area contributed by atoms with Gasteiger partial charge in [0.2, 0.25) is 0 Å². The molecule has 0 saturated carbocycles. The van der Waals surface area contributed by atoms with E-state index in [-0.39, 0.29) is 0 Å². The van der Waals surface area contributed by atoms with Gasteiger partial charge in [0.25, 0.3) is 0 Å². The van der Waals surface area contributed by atoms with E-state index in [1.807, 2.05) is 0 Å². The van der Waals surface area contributed by atoms with Gasteiger partial charge in [-0.2, -0.15) is 0 Å². The molecule has 1 unspecified atom stereocenters. The molecule has 0 radical (unpaired) electrons. The van der Waals surface area contributed by atoms with Gasteiger partial charge in [-0.25, -0.2) is 0 Å². The molecule has 0 aliphatic heterocycles. The number of rotatable bonds is 7. The SMILES string of the molecule is CCCNC(CN(C)C)c1ccc(C)c(C)c1OC. The largest absolute Gasteiger partial charge is 0.496 e. The molecule has 0 aromatic heterocycles. The second-order valence-electron chi connectivity index (χ2n) is 5.40. The van der Waals surface area contributed by atoms with Crippen LogP contribution in [0.15, 0.2) is 12.1 Å². The van der Waals surface area contributed by atoms with E-state index in [0.29, 0.717) is 6.04 Å². The number of hydrogen-bond acceptors (Lipinski definition) is 3. The summed E-state index contributed by atoms with van der Waals surface area (Å²) >= 11 is 0. The quantitative estimate of drug-likeness (QED) is 0.819. The standard InChI is InChI=1S/C16H28N2O/c1-7-10-17-15(11-18(4)5)14-9-8-12(2)13(3)16(14)19-6/h8-9,15,17H,7,10-11H2,1-6H3. The number of likely N-dealkylation sites (N-methyl/N-ethyl adjacent to an activating group) is 1. The monoisotopic (exact) mass is 264 g/mol. The summed E-state index contributed by atoms with van der Waals surface area (Å²) < 4.78 is 5.64. The maximum atomic E-state index is 5.64. The lowest BCUT2D eigenvalue weighted by Gasteiger charge is -2.25. The van der Waals surface area contributed by atoms with E-state index >= 15 is 0 Å². The predicted molar refractivity (Wildman–Crippen MR) is 82.1 cm³/mol. The van der Waals surface area contributed by atoms with Crippen LogP contribution in [0.25, 0.3) is 0 Å². The number of hydrogen-bond donors (Lipinski definition) is 1. The first-order valence-electron chi connectivity index (χ1n) is 7.03. The molecule has 0 bridgehead atoms. The van der Waals surface area contributed by atoms with Crippen molar-refractivity contribution in [3.8, 4) is 5.75 Å². The molecular weight excluding hydrogens is 236 g/mol. The Kier molecular flexibility index (Phi) is 6.32. The Morgan fingerprint density at radius 3 is 2.47 bits per heavy atom. The van der Waals surface area contributed by atoms with Gasteiger partial charge in [0.05, 0.1) is 7.11 Å². The highest BCUT2D eigenvalue weighted by atomic mass is 16.5. The van der Waals surface area contributed by atoms with Gasteiger partial charge in [-0.1, -0.05) is 19.1 Å². The van der Waals surface area contributed by atoms with Crippen LogP contribution in [0, 0.1) is 13.8 Å². The van der Waals surface area contributed by atoms with Crippen molar-refractivity contribution in [3.63, 3.8) is 0 Å². The number of ether oxygens (including phenoxy) is 1. The number of methoxy groups -OCH3 is 1. The highest BCUT2D eigenvalue weighted by molar-refractivity contribution is 5.47. The van der Waals surface area contributed by atoms with Crippen LogP contribution < -0.4 is 10.1 Å². The summed E-state index contributed by atoms with van der Waals surface area (Å²) in [4.78, 5) is 2.21. The number of aryl methyl sites for hydroxylation is 1. The Balaban J connectivity index is 3.09. The van der Waals surface area contributed by atoms with Gasteiger partial charge in [0.1, 0.15) is 5.75 Å². The fourth-order valence-corrected chi connectivity index (χ4v) is 2.31. The van der Waals surface area contributed by atoms with Crippen LogP contribution in [0.5, 0.6) is 5.75 Å². The van der Waals surface area contributed by atoms with E-state index < -0.39 is 0 Å². The molecule has 3 heteroatoms. The molecule has 0 amide bonds. The van der Waals surface area contributed by atoms with Crippen molar-refractivity contribution in [2.24, 2.45) is 0 Å². The van der Waals surface area contributed by atoms with E-state index in [4.69, 9.17) is 4.74 Å². The van der Waals surface area contributed by atoms with Crippen LogP contribution in [0.1, 0.15) is 36.1 Å². The third-order valence-corrected chi connectivity index (χ3v) is 3.48. The third-order valence-electron chi connectivity index (χ3n) is 3.48. The zero-order valence-corrected chi connectivity index (χ0v) is 13.2. The minimum absolute atomic E-state index is 0.309. The molecule has 1 rings (SSSR count). The lowest BCUT2D eigenvalue weighted by molar-refractivity contribution is 0.330. The van der Waals surface area contributed by atoms with Crippen LogP contribution in [0.2, 0.25) is 0 Å². The highest BCUT2D eigenvalue weighted by Gasteiger charge is 2.18. The first kappa shape index (κ1) is 16.0. The van der Waals surface area contributed by atoms with Gasteiger partial charge in [-0.3, -0.25) is 0 Å². The van der Waals surface area contributed by atoms with Crippen LogP contribution in [-0.2, 0) is 0 Å². The lowest BCUT2D eigenvalue weighted by Crippen LogP contribution is -2.32. The number of nitrogens with zero attached hydrogens (tertiary/aromatic N) is 1. The molecule has 1 N–H and O–H groups in total. The first-order valence-corrected chi connectivity index (χ1v) is 7.03. The second-order valence-corrected chi connectivity index (χ2v) is 5.40. The zero-order valence-electron chi connectivity index (χ0n) is 13.2. The molecular formula is C16H28N2O. The molecule has 0 aliphatic rings. The van der Waals surface area contributed by atoms with Gasteiger partial charge in [-0.15, -0.1) is 0 Å². The molecule has 108 valence electrons. The van der Waals surface area contributed by atoms with Crippen molar-refractivity contribution in [1.29, 1.82) is 0 Å². The molecule has 1 aromatic rings. The summed E-state index contributed by atoms with van der Waals surface area (Å²) in [5, 5.41) is 3.62. The van der Waals surface area contributed by atoms with Gasteiger partial charge in [0.15, 0.2) is 0 Å². The van der Waals surface area contributed by atoms with Gasteiger partial charge < -0.3 is 15.0 Å². The molecule has 0 saturated heterocycles. The fraction of sp³-hybridized carbons (Fsp3) is 0.625. The smallest absolute Gasteiger partial charge is 0.126 e. The highest BCUT2D eigenvalue weighted by Crippen LogP contribution is 2.31. The van der Waals surface area contributed by atoms with Gasteiger partial charge in [0, 0.05) is 18.2 Å². The third kappa shape index (κ3) is 4.22. The normalized spacial score (nSPS) is 12.8. The molecule has 0 fully saturated rings. The van der Waals surface area contributed by atoms with Crippen molar-refractivity contribution in [2.75, 3.05) is 34.3 Å². The van der Waals surface area contributed by atoms with E-state index in [1.54, 1.807) is 7.11 Å². The minimum atomic E-state index is 0.309. The fourth-order valence-electron chi connectivity index (χ4n) is 2.31. The molecule has 3 nitrogen and oxygen atoms in total. The van der Waals surface area contributed by atoms with Gasteiger partial charge >= 0.3 is 0 Å². The Morgan fingerprint density at radius 1 is 1.26 bits per heavy atom. The topological polar surface area (TPSA) is 24.5 Å². The summed E-state index contributed by atoms with van der Waals surface area (Å²) in [6, 6.07) is 4.69. The van der Waals surface area contributed by atoms with Crippen molar-refractivity contribution < 1.29 is 4.74 Å². The Labute approximate surface area is 118 Å². The summed E-state index contributed by atoms with van der Waals surface area (Å²) in [7, 11) is 5.97. The van der Waals surface area contributed by atoms with Gasteiger partial charge in [-0.05, 0) is 52.0 Å². The van der Waals surface area contributed by atoms with Crippen molar-refractivity contribution in [3.05, 3.63) is 28.8 Å². The average Bonchev–Trinajstić information content (AvgIpc) is 2.37. The number of benzene rings is 1. The van der Waals surface area contributed by atoms with E-state index in [2.05, 4.69) is 57.2 Å². The maximum Gasteiger partial charge on any atom is 0.126 e. The maximum absolute atomic E-state index is 5.64. The summed E-state index contributed by atoms with van der Waals surface area (Å²) in [6.45, 7) is 8.44. The lowest BCUT2D eigenvalue weighted by atomic mass is 9.98. The molecule has 19 heavy (non-hydrogen) atoms. The van der Waals surface area contributed by atoms with Crippen LogP contribution in [0.4, 0.5) is 0 Å². The molecule has 0 spiro atoms. The molecule has 1 atom stereocenters. The van der Waals surface area contributed by atoms with E-state index in [1.165, 1.54) is 16.7 Å². The average molecular weight is 264 g/mol. The summed E-state index contributed by atoms with van der Waals surface area (Å²) in [5.74, 6) is 1.02. The summed E-state index contributed by atoms with van der Waals surface area (Å²) in [6.07, 6.45) is 1.14. The molecule has 0 aliphatic carbocycles. The molecule has 0 heterocycles.